The minimum Gasteiger partial charge on any atom is -0.253 e. The fraction of sp³-hybridized carbons (Fsp3) is 0.353. The summed E-state index contributed by atoms with van der Waals surface area (Å²) in [4.78, 5) is 4.45. The van der Waals surface area contributed by atoms with Crippen molar-refractivity contribution < 1.29 is 13.2 Å². The van der Waals surface area contributed by atoms with E-state index in [0.29, 0.717) is 24.1 Å². The molecular formula is C17H18F3N. The number of pyridine rings is 1. The zero-order valence-corrected chi connectivity index (χ0v) is 12.4. The van der Waals surface area contributed by atoms with E-state index >= 15 is 0 Å². The predicted octanol–water partition coefficient (Wildman–Crippen LogP) is 5.34. The highest BCUT2D eigenvalue weighted by molar-refractivity contribution is 5.62. The molecule has 2 rings (SSSR count). The van der Waals surface area contributed by atoms with Gasteiger partial charge in [0.15, 0.2) is 0 Å². The minimum absolute atomic E-state index is 0.336. The lowest BCUT2D eigenvalue weighted by Gasteiger charge is -2.14. The number of hydrogen-bond donors (Lipinski definition) is 0. The second kappa shape index (κ2) is 5.88. The molecule has 1 nitrogen and oxygen atoms in total. The molecule has 0 aliphatic rings. The Bertz CT molecular complexity index is 645. The normalized spacial score (nSPS) is 11.7. The van der Waals surface area contributed by atoms with Gasteiger partial charge >= 0.3 is 6.18 Å². The van der Waals surface area contributed by atoms with Crippen LogP contribution in [0.5, 0.6) is 0 Å². The van der Waals surface area contributed by atoms with Crippen molar-refractivity contribution in [3.8, 4) is 11.3 Å². The number of aryl methyl sites for hydroxylation is 3. The average Bonchev–Trinajstić information content (AvgIpc) is 2.41. The van der Waals surface area contributed by atoms with Crippen LogP contribution in [-0.2, 0) is 12.6 Å². The Hall–Kier alpha value is -1.84. The third-order valence-electron chi connectivity index (χ3n) is 3.58. The van der Waals surface area contributed by atoms with Gasteiger partial charge in [0.25, 0.3) is 0 Å². The topological polar surface area (TPSA) is 12.9 Å². The van der Waals surface area contributed by atoms with Gasteiger partial charge < -0.3 is 0 Å². The van der Waals surface area contributed by atoms with E-state index in [9.17, 15) is 13.2 Å². The molecular weight excluding hydrogens is 275 g/mol. The monoisotopic (exact) mass is 293 g/mol. The molecule has 21 heavy (non-hydrogen) atoms. The van der Waals surface area contributed by atoms with Gasteiger partial charge in [-0.3, -0.25) is 4.98 Å². The van der Waals surface area contributed by atoms with Crippen LogP contribution >= 0.6 is 0 Å². The second-order valence-electron chi connectivity index (χ2n) is 5.22. The highest BCUT2D eigenvalue weighted by atomic mass is 19.4. The van der Waals surface area contributed by atoms with Crippen LogP contribution in [0, 0.1) is 13.8 Å². The van der Waals surface area contributed by atoms with Gasteiger partial charge in [-0.05, 0) is 49.6 Å². The van der Waals surface area contributed by atoms with Crippen molar-refractivity contribution in [3.05, 3.63) is 52.7 Å². The Labute approximate surface area is 122 Å². The number of benzene rings is 1. The molecule has 0 N–H and O–H groups in total. The molecule has 0 atom stereocenters. The van der Waals surface area contributed by atoms with Crippen molar-refractivity contribution in [2.24, 2.45) is 0 Å². The third kappa shape index (κ3) is 3.43. The average molecular weight is 293 g/mol. The lowest BCUT2D eigenvalue weighted by Crippen LogP contribution is -2.09. The van der Waals surface area contributed by atoms with Crippen molar-refractivity contribution in [2.75, 3.05) is 0 Å². The minimum atomic E-state index is -4.31. The Morgan fingerprint density at radius 2 is 1.76 bits per heavy atom. The maximum atomic E-state index is 13.0. The quantitative estimate of drug-likeness (QED) is 0.744. The molecule has 112 valence electrons. The van der Waals surface area contributed by atoms with Gasteiger partial charge in [-0.2, -0.15) is 13.2 Å². The molecule has 1 aromatic heterocycles. The van der Waals surface area contributed by atoms with Crippen molar-refractivity contribution in [1.82, 2.24) is 4.98 Å². The Balaban J connectivity index is 2.51. The molecule has 0 spiro atoms. The van der Waals surface area contributed by atoms with Crippen molar-refractivity contribution >= 4 is 0 Å². The Morgan fingerprint density at radius 3 is 2.33 bits per heavy atom. The lowest BCUT2D eigenvalue weighted by atomic mass is 9.98. The van der Waals surface area contributed by atoms with Crippen LogP contribution in [-0.4, -0.2) is 4.98 Å². The third-order valence-corrected chi connectivity index (χ3v) is 3.58. The zero-order valence-electron chi connectivity index (χ0n) is 12.4. The summed E-state index contributed by atoms with van der Waals surface area (Å²) < 4.78 is 39.0. The molecule has 0 fully saturated rings. The number of aromatic nitrogens is 1. The highest BCUT2D eigenvalue weighted by Crippen LogP contribution is 2.34. The summed E-state index contributed by atoms with van der Waals surface area (Å²) in [7, 11) is 0. The number of hydrogen-bond acceptors (Lipinski definition) is 1. The molecule has 0 saturated carbocycles. The molecule has 0 bridgehead atoms. The summed E-state index contributed by atoms with van der Waals surface area (Å²) >= 11 is 0. The standard InChI is InChI=1S/C17H18F3N/c1-4-5-13-10-14(7-8-15(13)17(18,19)20)16-9-6-11(2)12(3)21-16/h6-10H,4-5H2,1-3H3. The first kappa shape index (κ1) is 15.5. The first-order valence-electron chi connectivity index (χ1n) is 6.97. The molecule has 0 aliphatic heterocycles. The fourth-order valence-electron chi connectivity index (χ4n) is 2.30. The van der Waals surface area contributed by atoms with E-state index in [1.165, 1.54) is 6.07 Å². The maximum absolute atomic E-state index is 13.0. The fourth-order valence-corrected chi connectivity index (χ4v) is 2.30. The molecule has 4 heteroatoms. The number of alkyl halides is 3. The maximum Gasteiger partial charge on any atom is 0.416 e. The van der Waals surface area contributed by atoms with E-state index in [0.717, 1.165) is 22.9 Å². The molecule has 1 heterocycles. The zero-order chi connectivity index (χ0) is 15.6. The number of halogens is 3. The summed E-state index contributed by atoms with van der Waals surface area (Å²) in [5.74, 6) is 0. The van der Waals surface area contributed by atoms with E-state index in [1.807, 2.05) is 32.9 Å². The predicted molar refractivity (Wildman–Crippen MR) is 78.1 cm³/mol. The van der Waals surface area contributed by atoms with E-state index in [2.05, 4.69) is 4.98 Å². The molecule has 0 unspecified atom stereocenters. The summed E-state index contributed by atoms with van der Waals surface area (Å²) in [5, 5.41) is 0. The largest absolute Gasteiger partial charge is 0.416 e. The van der Waals surface area contributed by atoms with Crippen LogP contribution < -0.4 is 0 Å². The van der Waals surface area contributed by atoms with Crippen LogP contribution in [0.25, 0.3) is 11.3 Å². The lowest BCUT2D eigenvalue weighted by molar-refractivity contribution is -0.138. The van der Waals surface area contributed by atoms with E-state index < -0.39 is 11.7 Å². The van der Waals surface area contributed by atoms with Gasteiger partial charge in [-0.15, -0.1) is 0 Å². The SMILES string of the molecule is CCCc1cc(-c2ccc(C)c(C)n2)ccc1C(F)(F)F. The van der Waals surface area contributed by atoms with Gasteiger partial charge in [0.05, 0.1) is 11.3 Å². The van der Waals surface area contributed by atoms with Gasteiger partial charge in [-0.25, -0.2) is 0 Å². The van der Waals surface area contributed by atoms with Crippen LogP contribution in [0.15, 0.2) is 30.3 Å². The molecule has 1 aromatic carbocycles. The van der Waals surface area contributed by atoms with Crippen molar-refractivity contribution in [3.63, 3.8) is 0 Å². The van der Waals surface area contributed by atoms with Gasteiger partial charge in [-0.1, -0.05) is 25.5 Å². The first-order chi connectivity index (χ1) is 9.82. The molecule has 0 radical (unpaired) electrons. The molecule has 2 aromatic rings. The van der Waals surface area contributed by atoms with Gasteiger partial charge in [0.1, 0.15) is 0 Å². The van der Waals surface area contributed by atoms with Crippen molar-refractivity contribution in [1.29, 1.82) is 0 Å². The van der Waals surface area contributed by atoms with Crippen molar-refractivity contribution in [2.45, 2.75) is 39.8 Å². The smallest absolute Gasteiger partial charge is 0.253 e. The van der Waals surface area contributed by atoms with E-state index in [-0.39, 0.29) is 0 Å². The summed E-state index contributed by atoms with van der Waals surface area (Å²) in [5.41, 5.74) is 3.20. The van der Waals surface area contributed by atoms with Crippen LogP contribution in [0.4, 0.5) is 13.2 Å². The van der Waals surface area contributed by atoms with Crippen LogP contribution in [0.1, 0.15) is 35.7 Å². The summed E-state index contributed by atoms with van der Waals surface area (Å²) in [6, 6.07) is 8.06. The van der Waals surface area contributed by atoms with Crippen LogP contribution in [0.3, 0.4) is 0 Å². The summed E-state index contributed by atoms with van der Waals surface area (Å²) in [6.07, 6.45) is -3.22. The molecule has 0 aliphatic carbocycles. The van der Waals surface area contributed by atoms with Crippen LogP contribution in [0.2, 0.25) is 0 Å². The van der Waals surface area contributed by atoms with E-state index in [4.69, 9.17) is 0 Å². The molecule has 0 amide bonds. The second-order valence-corrected chi connectivity index (χ2v) is 5.22. The first-order valence-corrected chi connectivity index (χ1v) is 6.97. The number of nitrogens with zero attached hydrogens (tertiary/aromatic N) is 1. The van der Waals surface area contributed by atoms with E-state index in [1.54, 1.807) is 6.07 Å². The number of rotatable bonds is 3. The molecule has 0 saturated heterocycles. The Morgan fingerprint density at radius 1 is 1.05 bits per heavy atom. The highest BCUT2D eigenvalue weighted by Gasteiger charge is 2.33. The Kier molecular flexibility index (Phi) is 4.35. The summed E-state index contributed by atoms with van der Waals surface area (Å²) in [6.45, 7) is 5.73. The van der Waals surface area contributed by atoms with Gasteiger partial charge in [0.2, 0.25) is 0 Å². The van der Waals surface area contributed by atoms with Gasteiger partial charge in [0, 0.05) is 11.3 Å².